The molecular weight excluding hydrogens is 410 g/mol. The van der Waals surface area contributed by atoms with Crippen molar-refractivity contribution in [1.82, 2.24) is 14.6 Å². The topological polar surface area (TPSA) is 116 Å². The Balaban J connectivity index is 1.87. The molecule has 0 fully saturated rings. The Labute approximate surface area is 176 Å². The summed E-state index contributed by atoms with van der Waals surface area (Å²) < 4.78 is 38.7. The molecule has 30 heavy (non-hydrogen) atoms. The van der Waals surface area contributed by atoms with Crippen molar-refractivity contribution < 1.29 is 27.5 Å². The van der Waals surface area contributed by atoms with Gasteiger partial charge in [0.1, 0.15) is 12.3 Å². The zero-order chi connectivity index (χ0) is 22.3. The maximum Gasteiger partial charge on any atom is 0.339 e. The maximum absolute atomic E-state index is 12.3. The first-order valence-electron chi connectivity index (χ1n) is 9.43. The van der Waals surface area contributed by atoms with Crippen molar-refractivity contribution in [2.24, 2.45) is 0 Å². The third-order valence-corrected chi connectivity index (χ3v) is 5.96. The lowest BCUT2D eigenvalue weighted by molar-refractivity contribution is -0.121. The first-order chi connectivity index (χ1) is 14.2. The smallest absolute Gasteiger partial charge is 0.339 e. The van der Waals surface area contributed by atoms with Gasteiger partial charge in [-0.3, -0.25) is 4.79 Å². The molecule has 0 atom stereocenters. The molecule has 0 radical (unpaired) electrons. The molecule has 1 heterocycles. The number of ether oxygens (including phenoxy) is 2. The third kappa shape index (κ3) is 5.83. The lowest BCUT2D eigenvalue weighted by Crippen LogP contribution is -2.36. The Bertz CT molecular complexity index is 996. The molecule has 1 amide bonds. The van der Waals surface area contributed by atoms with Crippen LogP contribution in [0.2, 0.25) is 0 Å². The van der Waals surface area contributed by atoms with E-state index in [1.165, 1.54) is 19.2 Å². The van der Waals surface area contributed by atoms with Crippen LogP contribution in [0.3, 0.4) is 0 Å². The van der Waals surface area contributed by atoms with Crippen molar-refractivity contribution in [3.8, 4) is 5.75 Å². The number of carbonyl (C=O) groups is 2. The van der Waals surface area contributed by atoms with Crippen molar-refractivity contribution in [2.75, 3.05) is 26.8 Å². The lowest BCUT2D eigenvalue weighted by Gasteiger charge is -2.11. The van der Waals surface area contributed by atoms with E-state index in [1.807, 2.05) is 0 Å². The Kier molecular flexibility index (Phi) is 8.01. The van der Waals surface area contributed by atoms with E-state index in [0.29, 0.717) is 17.0 Å². The summed E-state index contributed by atoms with van der Waals surface area (Å²) in [4.78, 5) is 24.3. The van der Waals surface area contributed by atoms with Gasteiger partial charge in [-0.1, -0.05) is 0 Å². The minimum absolute atomic E-state index is 0.0162. The molecule has 0 saturated carbocycles. The molecule has 2 rings (SSSR count). The number of nitrogens with one attached hydrogen (secondary N) is 2. The van der Waals surface area contributed by atoms with Gasteiger partial charge in [0, 0.05) is 24.5 Å². The van der Waals surface area contributed by atoms with Crippen LogP contribution in [0, 0.1) is 13.8 Å². The molecule has 2 N–H and O–H groups in total. The second kappa shape index (κ2) is 10.3. The molecule has 0 saturated heterocycles. The molecule has 1 aromatic heterocycles. The fourth-order valence-electron chi connectivity index (χ4n) is 2.88. The van der Waals surface area contributed by atoms with E-state index in [9.17, 15) is 18.0 Å². The SMILES string of the molecule is CCOC(=O)c1cc(C)n(CC(=O)NCCNS(=O)(=O)c2ccc(OC)cc2)c1C. The number of sulfonamides is 1. The quantitative estimate of drug-likeness (QED) is 0.429. The normalized spacial score (nSPS) is 11.2. The highest BCUT2D eigenvalue weighted by molar-refractivity contribution is 7.89. The highest BCUT2D eigenvalue weighted by Crippen LogP contribution is 2.16. The number of hydrogen-bond donors (Lipinski definition) is 2. The molecule has 2 aromatic rings. The zero-order valence-corrected chi connectivity index (χ0v) is 18.3. The molecule has 0 aliphatic carbocycles. The number of hydrogen-bond acceptors (Lipinski definition) is 6. The number of esters is 1. The summed E-state index contributed by atoms with van der Waals surface area (Å²) in [6, 6.07) is 7.69. The molecule has 0 spiro atoms. The molecule has 10 heteroatoms. The number of methoxy groups -OCH3 is 1. The average Bonchev–Trinajstić information content (AvgIpc) is 3.00. The lowest BCUT2D eigenvalue weighted by atomic mass is 10.2. The van der Waals surface area contributed by atoms with Gasteiger partial charge in [0.15, 0.2) is 0 Å². The molecule has 0 bridgehead atoms. The van der Waals surface area contributed by atoms with Crippen LogP contribution in [0.5, 0.6) is 5.75 Å². The average molecular weight is 438 g/mol. The van der Waals surface area contributed by atoms with Crippen LogP contribution >= 0.6 is 0 Å². The molecule has 0 unspecified atom stereocenters. The largest absolute Gasteiger partial charge is 0.497 e. The van der Waals surface area contributed by atoms with E-state index < -0.39 is 16.0 Å². The predicted molar refractivity (Wildman–Crippen MR) is 111 cm³/mol. The van der Waals surface area contributed by atoms with E-state index in [2.05, 4.69) is 10.0 Å². The van der Waals surface area contributed by atoms with Crippen LogP contribution in [0.4, 0.5) is 0 Å². The summed E-state index contributed by atoms with van der Waals surface area (Å²) in [6.07, 6.45) is 0. The molecular formula is C20H27N3O6S. The van der Waals surface area contributed by atoms with Gasteiger partial charge in [-0.2, -0.15) is 0 Å². The molecule has 0 aliphatic heterocycles. The van der Waals surface area contributed by atoms with Crippen LogP contribution in [0.1, 0.15) is 28.7 Å². The van der Waals surface area contributed by atoms with Gasteiger partial charge in [0.2, 0.25) is 15.9 Å². The van der Waals surface area contributed by atoms with Crippen LogP contribution < -0.4 is 14.8 Å². The Hall–Kier alpha value is -2.85. The van der Waals surface area contributed by atoms with Gasteiger partial charge >= 0.3 is 5.97 Å². The number of carbonyl (C=O) groups excluding carboxylic acids is 2. The first-order valence-corrected chi connectivity index (χ1v) is 10.9. The maximum atomic E-state index is 12.3. The summed E-state index contributed by atoms with van der Waals surface area (Å²) in [7, 11) is -2.18. The summed E-state index contributed by atoms with van der Waals surface area (Å²) in [6.45, 7) is 5.72. The van der Waals surface area contributed by atoms with Crippen LogP contribution in [0.15, 0.2) is 35.2 Å². The molecule has 1 aromatic carbocycles. The van der Waals surface area contributed by atoms with E-state index >= 15 is 0 Å². The van der Waals surface area contributed by atoms with E-state index in [4.69, 9.17) is 9.47 Å². The molecule has 0 aliphatic rings. The van der Waals surface area contributed by atoms with Crippen molar-refractivity contribution >= 4 is 21.9 Å². The van der Waals surface area contributed by atoms with E-state index in [0.717, 1.165) is 5.69 Å². The molecule has 164 valence electrons. The van der Waals surface area contributed by atoms with Crippen LogP contribution in [-0.4, -0.2) is 51.7 Å². The van der Waals surface area contributed by atoms with Gasteiger partial charge in [-0.25, -0.2) is 17.9 Å². The van der Waals surface area contributed by atoms with Gasteiger partial charge in [0.25, 0.3) is 0 Å². The van der Waals surface area contributed by atoms with E-state index in [-0.39, 0.29) is 37.0 Å². The number of nitrogens with zero attached hydrogens (tertiary/aromatic N) is 1. The van der Waals surface area contributed by atoms with Gasteiger partial charge in [-0.05, 0) is 51.1 Å². The number of aromatic nitrogens is 1. The number of benzene rings is 1. The molecule has 9 nitrogen and oxygen atoms in total. The number of amides is 1. The second-order valence-corrected chi connectivity index (χ2v) is 8.28. The number of aryl methyl sites for hydroxylation is 1. The fourth-order valence-corrected chi connectivity index (χ4v) is 3.92. The van der Waals surface area contributed by atoms with Crippen molar-refractivity contribution in [2.45, 2.75) is 32.2 Å². The standard InChI is InChI=1S/C20H27N3O6S/c1-5-29-20(25)18-12-14(2)23(15(18)3)13-19(24)21-10-11-22-30(26,27)17-8-6-16(28-4)7-9-17/h6-9,12,22H,5,10-11,13H2,1-4H3,(H,21,24). The Morgan fingerprint density at radius 1 is 1.10 bits per heavy atom. The minimum atomic E-state index is -3.68. The Morgan fingerprint density at radius 3 is 2.37 bits per heavy atom. The number of rotatable bonds is 10. The van der Waals surface area contributed by atoms with E-state index in [1.54, 1.807) is 43.5 Å². The Morgan fingerprint density at radius 2 is 1.77 bits per heavy atom. The van der Waals surface area contributed by atoms with Crippen molar-refractivity contribution in [3.05, 3.63) is 47.3 Å². The van der Waals surface area contributed by atoms with Crippen molar-refractivity contribution in [1.29, 1.82) is 0 Å². The second-order valence-electron chi connectivity index (χ2n) is 6.51. The van der Waals surface area contributed by atoms with Gasteiger partial charge < -0.3 is 19.4 Å². The van der Waals surface area contributed by atoms with Crippen LogP contribution in [0.25, 0.3) is 0 Å². The first kappa shape index (κ1) is 23.4. The summed E-state index contributed by atoms with van der Waals surface area (Å²) in [5.41, 5.74) is 1.82. The predicted octanol–water partition coefficient (Wildman–Crippen LogP) is 1.38. The monoisotopic (exact) mass is 437 g/mol. The fraction of sp³-hybridized carbons (Fsp3) is 0.400. The van der Waals surface area contributed by atoms with Gasteiger partial charge in [0.05, 0.1) is 24.2 Å². The van der Waals surface area contributed by atoms with Crippen LogP contribution in [-0.2, 0) is 26.1 Å². The summed E-state index contributed by atoms with van der Waals surface area (Å²) >= 11 is 0. The zero-order valence-electron chi connectivity index (χ0n) is 17.5. The van der Waals surface area contributed by atoms with Gasteiger partial charge in [-0.15, -0.1) is 0 Å². The third-order valence-electron chi connectivity index (χ3n) is 4.48. The highest BCUT2D eigenvalue weighted by atomic mass is 32.2. The minimum Gasteiger partial charge on any atom is -0.497 e. The summed E-state index contributed by atoms with van der Waals surface area (Å²) in [5.74, 6) is -0.163. The van der Waals surface area contributed by atoms with Crippen molar-refractivity contribution in [3.63, 3.8) is 0 Å². The summed E-state index contributed by atoms with van der Waals surface area (Å²) in [5, 5.41) is 2.67. The highest BCUT2D eigenvalue weighted by Gasteiger charge is 2.18.